The van der Waals surface area contributed by atoms with Gasteiger partial charge >= 0.3 is 6.03 Å². The summed E-state index contributed by atoms with van der Waals surface area (Å²) in [6, 6.07) is 4.65. The predicted octanol–water partition coefficient (Wildman–Crippen LogP) is 3.79. The number of hydrogen-bond acceptors (Lipinski definition) is 9. The highest BCUT2D eigenvalue weighted by molar-refractivity contribution is 6.13. The van der Waals surface area contributed by atoms with Crippen molar-refractivity contribution < 1.29 is 23.2 Å². The van der Waals surface area contributed by atoms with Gasteiger partial charge in [-0.25, -0.2) is 38.5 Å². The number of rotatable bonds is 9. The van der Waals surface area contributed by atoms with Crippen LogP contribution >= 0.6 is 0 Å². The standard InChI is InChI=1S/C29H28F2N10O3/c1-14-5-6-32-25(34-14)18-8-19(18)28(43)38-22-9-21(36-26(37-22)24(30)31)33-10-17-12-40-11-16(15-3-4-15)7-20(27(40)35-17)41-13-23(42)39(2)29(41)44/h5-7,9,11-12,15,18-19,24H,3-4,8,10,13H2,1-2H3,(H2,33,36,37,38,43). The van der Waals surface area contributed by atoms with E-state index in [9.17, 15) is 23.2 Å². The van der Waals surface area contributed by atoms with E-state index in [1.807, 2.05) is 23.6 Å². The lowest BCUT2D eigenvalue weighted by Crippen LogP contribution is -2.30. The molecule has 1 aliphatic heterocycles. The third kappa shape index (κ3) is 5.29. The summed E-state index contributed by atoms with van der Waals surface area (Å²) in [6.45, 7) is 1.87. The molecule has 4 aromatic heterocycles. The average molecular weight is 603 g/mol. The molecular weight excluding hydrogens is 574 g/mol. The summed E-state index contributed by atoms with van der Waals surface area (Å²) in [4.78, 5) is 61.5. The third-order valence-electron chi connectivity index (χ3n) is 8.04. The maximum Gasteiger partial charge on any atom is 0.331 e. The topological polar surface area (TPSA) is 151 Å². The number of hydrogen-bond donors (Lipinski definition) is 2. The number of nitrogens with one attached hydrogen (secondary N) is 2. The zero-order chi connectivity index (χ0) is 30.7. The van der Waals surface area contributed by atoms with Crippen LogP contribution in [0.5, 0.6) is 0 Å². The van der Waals surface area contributed by atoms with Crippen LogP contribution in [0.2, 0.25) is 0 Å². The lowest BCUT2D eigenvalue weighted by molar-refractivity contribution is -0.124. The quantitative estimate of drug-likeness (QED) is 0.273. The molecule has 0 aromatic carbocycles. The van der Waals surface area contributed by atoms with Crippen LogP contribution in [0.4, 0.5) is 30.9 Å². The predicted molar refractivity (Wildman–Crippen MR) is 153 cm³/mol. The number of fused-ring (bicyclic) bond motifs is 1. The first kappa shape index (κ1) is 27.7. The van der Waals surface area contributed by atoms with Gasteiger partial charge in [-0.1, -0.05) is 0 Å². The van der Waals surface area contributed by atoms with Crippen LogP contribution in [0.25, 0.3) is 5.65 Å². The number of carbonyl (C=O) groups excluding carboxylic acids is 3. The molecule has 0 bridgehead atoms. The lowest BCUT2D eigenvalue weighted by Gasteiger charge is -2.17. The first-order valence-electron chi connectivity index (χ1n) is 14.3. The van der Waals surface area contributed by atoms with E-state index in [0.29, 0.717) is 35.2 Å². The molecule has 1 saturated heterocycles. The largest absolute Gasteiger partial charge is 0.364 e. The van der Waals surface area contributed by atoms with Gasteiger partial charge in [-0.05, 0) is 49.8 Å². The maximum atomic E-state index is 13.7. The van der Waals surface area contributed by atoms with Gasteiger partial charge in [0, 0.05) is 49.2 Å². The Bertz CT molecular complexity index is 1820. The summed E-state index contributed by atoms with van der Waals surface area (Å²) in [6.07, 6.45) is 5.06. The number of imide groups is 1. The van der Waals surface area contributed by atoms with E-state index in [4.69, 9.17) is 0 Å². The minimum Gasteiger partial charge on any atom is -0.364 e. The first-order chi connectivity index (χ1) is 21.1. The molecule has 7 rings (SSSR count). The number of urea groups is 1. The molecule has 5 heterocycles. The number of alkyl halides is 2. The average Bonchev–Trinajstić information content (AvgIpc) is 3.93. The van der Waals surface area contributed by atoms with Crippen molar-refractivity contribution in [1.82, 2.24) is 34.2 Å². The maximum absolute atomic E-state index is 13.7. The van der Waals surface area contributed by atoms with Gasteiger partial charge in [0.1, 0.15) is 24.0 Å². The smallest absolute Gasteiger partial charge is 0.331 e. The summed E-state index contributed by atoms with van der Waals surface area (Å²) in [5.41, 5.74) is 3.41. The van der Waals surface area contributed by atoms with Crippen LogP contribution in [0.1, 0.15) is 66.1 Å². The molecule has 3 aliphatic rings. The van der Waals surface area contributed by atoms with Crippen LogP contribution in [-0.2, 0) is 16.1 Å². The van der Waals surface area contributed by atoms with Crippen molar-refractivity contribution in [3.63, 3.8) is 0 Å². The second-order valence-corrected chi connectivity index (χ2v) is 11.4. The van der Waals surface area contributed by atoms with Crippen molar-refractivity contribution in [1.29, 1.82) is 0 Å². The number of carbonyl (C=O) groups is 3. The zero-order valence-corrected chi connectivity index (χ0v) is 23.9. The van der Waals surface area contributed by atoms with E-state index >= 15 is 0 Å². The van der Waals surface area contributed by atoms with Crippen LogP contribution in [0.3, 0.4) is 0 Å². The molecule has 2 aliphatic carbocycles. The van der Waals surface area contributed by atoms with Crippen LogP contribution < -0.4 is 15.5 Å². The molecular formula is C29H28F2N10O3. The second kappa shape index (κ2) is 10.6. The number of halogens is 2. The van der Waals surface area contributed by atoms with Crippen molar-refractivity contribution in [3.8, 4) is 0 Å². The van der Waals surface area contributed by atoms with E-state index < -0.39 is 18.3 Å². The van der Waals surface area contributed by atoms with Crippen molar-refractivity contribution in [2.75, 3.05) is 29.1 Å². The van der Waals surface area contributed by atoms with Gasteiger partial charge in [0.05, 0.1) is 17.9 Å². The molecule has 0 spiro atoms. The number of imidazole rings is 1. The van der Waals surface area contributed by atoms with E-state index in [2.05, 4.69) is 35.6 Å². The zero-order valence-electron chi connectivity index (χ0n) is 23.9. The molecule has 2 saturated carbocycles. The van der Waals surface area contributed by atoms with E-state index in [1.54, 1.807) is 18.5 Å². The van der Waals surface area contributed by atoms with Gasteiger partial charge < -0.3 is 15.0 Å². The summed E-state index contributed by atoms with van der Waals surface area (Å²) in [7, 11) is 1.45. The van der Waals surface area contributed by atoms with Crippen molar-refractivity contribution in [2.24, 2.45) is 5.92 Å². The number of anilines is 3. The molecule has 13 nitrogen and oxygen atoms in total. The van der Waals surface area contributed by atoms with Crippen molar-refractivity contribution in [2.45, 2.75) is 51.0 Å². The molecule has 4 aromatic rings. The van der Waals surface area contributed by atoms with Crippen molar-refractivity contribution in [3.05, 3.63) is 65.4 Å². The normalized spacial score (nSPS) is 19.8. The third-order valence-corrected chi connectivity index (χ3v) is 8.04. The van der Waals surface area contributed by atoms with Crippen LogP contribution in [-0.4, -0.2) is 65.7 Å². The highest BCUT2D eigenvalue weighted by atomic mass is 19.3. The van der Waals surface area contributed by atoms with Gasteiger partial charge in [0.2, 0.25) is 11.8 Å². The Labute approximate surface area is 249 Å². The van der Waals surface area contributed by atoms with Crippen LogP contribution in [0.15, 0.2) is 36.8 Å². The molecule has 226 valence electrons. The monoisotopic (exact) mass is 602 g/mol. The number of aryl methyl sites for hydroxylation is 1. The molecule has 2 N–H and O–H groups in total. The van der Waals surface area contributed by atoms with Gasteiger partial charge in [0.15, 0.2) is 11.5 Å². The minimum absolute atomic E-state index is 0.0497. The summed E-state index contributed by atoms with van der Waals surface area (Å²) in [5.74, 6) is -0.925. The molecule has 0 radical (unpaired) electrons. The number of amides is 4. The summed E-state index contributed by atoms with van der Waals surface area (Å²) >= 11 is 0. The van der Waals surface area contributed by atoms with E-state index in [-0.39, 0.29) is 48.4 Å². The fourth-order valence-electron chi connectivity index (χ4n) is 5.40. The SMILES string of the molecule is Cc1ccnc(C2CC2C(=O)Nc2cc(NCc3cn4cc(C5CC5)cc(N5CC(=O)N(C)C5=O)c4n3)nc(C(F)F)n2)n1. The van der Waals surface area contributed by atoms with Crippen LogP contribution in [0, 0.1) is 12.8 Å². The number of aromatic nitrogens is 6. The van der Waals surface area contributed by atoms with Gasteiger partial charge in [0.25, 0.3) is 6.43 Å². The number of likely N-dealkylation sites (N-methyl/N-ethyl adjacent to an activating group) is 1. The van der Waals surface area contributed by atoms with Gasteiger partial charge in [-0.15, -0.1) is 0 Å². The molecule has 44 heavy (non-hydrogen) atoms. The fraction of sp³-hybridized carbons (Fsp3) is 0.379. The van der Waals surface area contributed by atoms with E-state index in [0.717, 1.165) is 29.0 Å². The highest BCUT2D eigenvalue weighted by Gasteiger charge is 2.46. The second-order valence-electron chi connectivity index (χ2n) is 11.4. The lowest BCUT2D eigenvalue weighted by atomic mass is 10.1. The van der Waals surface area contributed by atoms with Gasteiger partial charge in [-0.3, -0.25) is 19.4 Å². The van der Waals surface area contributed by atoms with Gasteiger partial charge in [-0.2, -0.15) is 0 Å². The minimum atomic E-state index is -2.96. The van der Waals surface area contributed by atoms with Crippen molar-refractivity contribution >= 4 is 40.8 Å². The molecule has 4 amide bonds. The molecule has 15 heteroatoms. The Kier molecular flexibility index (Phi) is 6.66. The summed E-state index contributed by atoms with van der Waals surface area (Å²) < 4.78 is 29.2. The first-order valence-corrected chi connectivity index (χ1v) is 14.3. The Morgan fingerprint density at radius 2 is 1.89 bits per heavy atom. The Morgan fingerprint density at radius 3 is 2.59 bits per heavy atom. The fourth-order valence-corrected chi connectivity index (χ4v) is 5.40. The molecule has 3 fully saturated rings. The molecule has 2 unspecified atom stereocenters. The Morgan fingerprint density at radius 1 is 1.09 bits per heavy atom. The number of nitrogens with zero attached hydrogens (tertiary/aromatic N) is 8. The van der Waals surface area contributed by atoms with E-state index in [1.165, 1.54) is 18.0 Å². The Balaban J connectivity index is 1.10. The highest BCUT2D eigenvalue weighted by Crippen LogP contribution is 2.46. The number of pyridine rings is 1. The Hall–Kier alpha value is -5.08. The summed E-state index contributed by atoms with van der Waals surface area (Å²) in [5, 5.41) is 5.64. The molecule has 2 atom stereocenters.